The molecule has 0 aliphatic carbocycles. The van der Waals surface area contributed by atoms with Crippen LogP contribution in [0.4, 0.5) is 10.1 Å². The van der Waals surface area contributed by atoms with Gasteiger partial charge in [-0.05, 0) is 43.2 Å². The van der Waals surface area contributed by atoms with E-state index in [1.54, 1.807) is 12.1 Å². The summed E-state index contributed by atoms with van der Waals surface area (Å²) in [5.41, 5.74) is 1.45. The lowest BCUT2D eigenvalue weighted by atomic mass is 10.1. The van der Waals surface area contributed by atoms with E-state index in [1.807, 2.05) is 42.2 Å². The summed E-state index contributed by atoms with van der Waals surface area (Å²) in [4.78, 5) is 1.94. The molecule has 0 aromatic heterocycles. The Morgan fingerprint density at radius 1 is 1.19 bits per heavy atom. The van der Waals surface area contributed by atoms with Crippen LogP contribution in [0.15, 0.2) is 53.0 Å². The number of hydrogen-bond acceptors (Lipinski definition) is 2. The van der Waals surface area contributed by atoms with Crippen molar-refractivity contribution in [3.05, 3.63) is 64.4 Å². The van der Waals surface area contributed by atoms with Crippen LogP contribution in [0, 0.1) is 5.82 Å². The van der Waals surface area contributed by atoms with Crippen LogP contribution in [0.2, 0.25) is 0 Å². The summed E-state index contributed by atoms with van der Waals surface area (Å²) in [5.74, 6) is -0.226. The van der Waals surface area contributed by atoms with E-state index in [0.717, 1.165) is 10.0 Å². The van der Waals surface area contributed by atoms with Crippen LogP contribution < -0.4 is 4.90 Å². The molecular formula is C17H19BrFNO. The second-order valence-corrected chi connectivity index (χ2v) is 5.81. The van der Waals surface area contributed by atoms with E-state index < -0.39 is 6.10 Å². The number of hydrogen-bond donors (Lipinski definition) is 1. The second-order valence-electron chi connectivity index (χ2n) is 4.89. The number of para-hydroxylation sites is 1. The van der Waals surface area contributed by atoms with Gasteiger partial charge in [0, 0.05) is 17.6 Å². The molecule has 2 nitrogen and oxygen atoms in total. The van der Waals surface area contributed by atoms with Gasteiger partial charge in [-0.25, -0.2) is 4.39 Å². The van der Waals surface area contributed by atoms with Crippen molar-refractivity contribution in [1.82, 2.24) is 0 Å². The minimum absolute atomic E-state index is 0.226. The summed E-state index contributed by atoms with van der Waals surface area (Å²) in [6.45, 7) is 3.29. The van der Waals surface area contributed by atoms with Crippen LogP contribution in [-0.2, 0) is 0 Å². The number of nitrogens with zero attached hydrogens (tertiary/aromatic N) is 1. The molecule has 112 valence electrons. The Kier molecular flexibility index (Phi) is 5.76. The van der Waals surface area contributed by atoms with E-state index in [4.69, 9.17) is 0 Å². The summed E-state index contributed by atoms with van der Waals surface area (Å²) in [6.07, 6.45) is 0.00172. The molecule has 1 unspecified atom stereocenters. The lowest BCUT2D eigenvalue weighted by molar-refractivity contribution is 0.169. The quantitative estimate of drug-likeness (QED) is 0.825. The molecule has 0 amide bonds. The molecule has 2 rings (SSSR count). The van der Waals surface area contributed by atoms with E-state index in [-0.39, 0.29) is 5.82 Å². The van der Waals surface area contributed by atoms with Crippen LogP contribution in [-0.4, -0.2) is 18.2 Å². The molecule has 2 aromatic carbocycles. The zero-order chi connectivity index (χ0) is 15.2. The van der Waals surface area contributed by atoms with Crippen molar-refractivity contribution in [2.75, 3.05) is 18.0 Å². The number of benzene rings is 2. The van der Waals surface area contributed by atoms with E-state index in [2.05, 4.69) is 15.9 Å². The monoisotopic (exact) mass is 351 g/mol. The van der Waals surface area contributed by atoms with Crippen molar-refractivity contribution in [2.45, 2.75) is 19.4 Å². The molecule has 0 aliphatic heterocycles. The Balaban J connectivity index is 2.02. The van der Waals surface area contributed by atoms with Crippen LogP contribution >= 0.6 is 15.9 Å². The number of rotatable bonds is 6. The third-order valence-corrected chi connectivity index (χ3v) is 3.97. The van der Waals surface area contributed by atoms with Gasteiger partial charge >= 0.3 is 0 Å². The molecule has 0 heterocycles. The van der Waals surface area contributed by atoms with Gasteiger partial charge in [-0.1, -0.05) is 40.2 Å². The van der Waals surface area contributed by atoms with Crippen molar-refractivity contribution in [1.29, 1.82) is 0 Å². The first-order valence-electron chi connectivity index (χ1n) is 7.04. The fourth-order valence-corrected chi connectivity index (χ4v) is 2.73. The zero-order valence-corrected chi connectivity index (χ0v) is 13.6. The van der Waals surface area contributed by atoms with Crippen molar-refractivity contribution < 1.29 is 9.50 Å². The lowest BCUT2D eigenvalue weighted by Crippen LogP contribution is -2.26. The van der Waals surface area contributed by atoms with Gasteiger partial charge in [-0.3, -0.25) is 0 Å². The van der Waals surface area contributed by atoms with Crippen molar-refractivity contribution >= 4 is 21.6 Å². The van der Waals surface area contributed by atoms with Gasteiger partial charge in [0.05, 0.1) is 11.8 Å². The first-order valence-corrected chi connectivity index (χ1v) is 7.84. The average Bonchev–Trinajstić information content (AvgIpc) is 2.49. The van der Waals surface area contributed by atoms with Gasteiger partial charge in [0.25, 0.3) is 0 Å². The molecule has 0 spiro atoms. The first kappa shape index (κ1) is 16.0. The molecule has 0 saturated heterocycles. The minimum atomic E-state index is -0.552. The summed E-state index contributed by atoms with van der Waals surface area (Å²) in [5, 5.41) is 10.3. The van der Waals surface area contributed by atoms with Gasteiger partial charge in [0.2, 0.25) is 0 Å². The maximum atomic E-state index is 13.8. The van der Waals surface area contributed by atoms with Crippen LogP contribution in [0.3, 0.4) is 0 Å². The van der Waals surface area contributed by atoms with E-state index in [1.165, 1.54) is 6.07 Å². The van der Waals surface area contributed by atoms with Gasteiger partial charge in [0.15, 0.2) is 0 Å². The topological polar surface area (TPSA) is 23.5 Å². The van der Waals surface area contributed by atoms with Gasteiger partial charge < -0.3 is 10.0 Å². The minimum Gasteiger partial charge on any atom is -0.388 e. The highest BCUT2D eigenvalue weighted by Crippen LogP contribution is 2.23. The largest absolute Gasteiger partial charge is 0.388 e. The van der Waals surface area contributed by atoms with Gasteiger partial charge in [-0.2, -0.15) is 0 Å². The normalized spacial score (nSPS) is 12.2. The van der Waals surface area contributed by atoms with Crippen LogP contribution in [0.25, 0.3) is 0 Å². The third kappa shape index (κ3) is 4.29. The highest BCUT2D eigenvalue weighted by Gasteiger charge is 2.13. The van der Waals surface area contributed by atoms with Gasteiger partial charge in [-0.15, -0.1) is 0 Å². The zero-order valence-electron chi connectivity index (χ0n) is 12.0. The SMILES string of the molecule is CCN(CCC(O)c1cccc(Br)c1)c1ccccc1F. The molecule has 1 N–H and O–H groups in total. The van der Waals surface area contributed by atoms with E-state index in [0.29, 0.717) is 25.2 Å². The molecule has 0 aliphatic rings. The Labute approximate surface area is 133 Å². The van der Waals surface area contributed by atoms with Crippen LogP contribution in [0.1, 0.15) is 25.0 Å². The smallest absolute Gasteiger partial charge is 0.146 e. The molecule has 21 heavy (non-hydrogen) atoms. The summed E-state index contributed by atoms with van der Waals surface area (Å²) >= 11 is 3.40. The summed E-state index contributed by atoms with van der Waals surface area (Å²) in [6, 6.07) is 14.4. The summed E-state index contributed by atoms with van der Waals surface area (Å²) in [7, 11) is 0. The maximum absolute atomic E-state index is 13.8. The Morgan fingerprint density at radius 3 is 2.62 bits per heavy atom. The number of halogens is 2. The predicted octanol–water partition coefficient (Wildman–Crippen LogP) is 4.54. The average molecular weight is 352 g/mol. The van der Waals surface area contributed by atoms with Crippen molar-refractivity contribution in [3.63, 3.8) is 0 Å². The van der Waals surface area contributed by atoms with E-state index >= 15 is 0 Å². The maximum Gasteiger partial charge on any atom is 0.146 e. The molecule has 0 fully saturated rings. The van der Waals surface area contributed by atoms with Crippen LogP contribution in [0.5, 0.6) is 0 Å². The van der Waals surface area contributed by atoms with Crippen molar-refractivity contribution in [3.8, 4) is 0 Å². The number of anilines is 1. The number of aliphatic hydroxyl groups excluding tert-OH is 1. The summed E-state index contributed by atoms with van der Waals surface area (Å²) < 4.78 is 14.8. The second kappa shape index (κ2) is 7.57. The molecule has 1 atom stereocenters. The predicted molar refractivity (Wildman–Crippen MR) is 88.0 cm³/mol. The Morgan fingerprint density at radius 2 is 1.95 bits per heavy atom. The first-order chi connectivity index (χ1) is 10.1. The standard InChI is InChI=1S/C17H19BrFNO/c1-2-20(16-9-4-3-8-15(16)19)11-10-17(21)13-6-5-7-14(18)12-13/h3-9,12,17,21H,2,10-11H2,1H3. The molecular weight excluding hydrogens is 333 g/mol. The van der Waals surface area contributed by atoms with Gasteiger partial charge in [0.1, 0.15) is 5.82 Å². The highest BCUT2D eigenvalue weighted by molar-refractivity contribution is 9.10. The molecule has 0 saturated carbocycles. The molecule has 4 heteroatoms. The molecule has 0 radical (unpaired) electrons. The fraction of sp³-hybridized carbons (Fsp3) is 0.294. The molecule has 0 bridgehead atoms. The van der Waals surface area contributed by atoms with Crippen molar-refractivity contribution in [2.24, 2.45) is 0 Å². The highest BCUT2D eigenvalue weighted by atomic mass is 79.9. The lowest BCUT2D eigenvalue weighted by Gasteiger charge is -2.25. The Bertz CT molecular complexity index is 591. The Hall–Kier alpha value is -1.39. The third-order valence-electron chi connectivity index (χ3n) is 3.48. The molecule has 2 aromatic rings. The number of aliphatic hydroxyl groups is 1. The van der Waals surface area contributed by atoms with E-state index in [9.17, 15) is 9.50 Å². The fourth-order valence-electron chi connectivity index (χ4n) is 2.32.